The van der Waals surface area contributed by atoms with Gasteiger partial charge in [-0.25, -0.2) is 8.42 Å². The van der Waals surface area contributed by atoms with E-state index < -0.39 is 10.0 Å². The van der Waals surface area contributed by atoms with Crippen LogP contribution in [0, 0.1) is 27.7 Å². The zero-order valence-electron chi connectivity index (χ0n) is 23.0. The van der Waals surface area contributed by atoms with Gasteiger partial charge in [0, 0.05) is 0 Å². The highest BCUT2D eigenvalue weighted by Crippen LogP contribution is 2.32. The van der Waals surface area contributed by atoms with Gasteiger partial charge in [-0.1, -0.05) is 49.2 Å². The number of anilines is 1. The van der Waals surface area contributed by atoms with Gasteiger partial charge in [0.2, 0.25) is 5.91 Å². The van der Waals surface area contributed by atoms with Crippen molar-refractivity contribution in [2.75, 3.05) is 18.0 Å². The number of rotatable bonds is 9. The molecule has 0 saturated heterocycles. The molecule has 6 nitrogen and oxygen atoms in total. The number of aryl methyl sites for hydroxylation is 4. The summed E-state index contributed by atoms with van der Waals surface area (Å²) in [7, 11) is -2.33. The first-order chi connectivity index (χ1) is 17.3. The van der Waals surface area contributed by atoms with E-state index in [2.05, 4.69) is 25.2 Å². The summed E-state index contributed by atoms with van der Waals surface area (Å²) in [5.41, 5.74) is 6.26. The number of hydrogen-bond donors (Lipinski definition) is 1. The van der Waals surface area contributed by atoms with Gasteiger partial charge < -0.3 is 10.1 Å². The molecule has 0 heterocycles. The topological polar surface area (TPSA) is 75.7 Å². The second-order valence-corrected chi connectivity index (χ2v) is 11.9. The van der Waals surface area contributed by atoms with Gasteiger partial charge in [-0.2, -0.15) is 0 Å². The van der Waals surface area contributed by atoms with Crippen LogP contribution >= 0.6 is 0 Å². The number of nitrogens with zero attached hydrogens (tertiary/aromatic N) is 1. The highest BCUT2D eigenvalue weighted by molar-refractivity contribution is 7.92. The summed E-state index contributed by atoms with van der Waals surface area (Å²) >= 11 is 0. The number of sulfonamides is 1. The second-order valence-electron chi connectivity index (χ2n) is 10.0. The first-order valence-corrected chi connectivity index (χ1v) is 13.9. The molecule has 0 spiro atoms. The first-order valence-electron chi connectivity index (χ1n) is 12.5. The van der Waals surface area contributed by atoms with Gasteiger partial charge in [0.05, 0.1) is 23.7 Å². The molecule has 3 aromatic carbocycles. The Morgan fingerprint density at radius 3 is 2.05 bits per heavy atom. The molecular formula is C30H38N2O4S. The highest BCUT2D eigenvalue weighted by atomic mass is 32.2. The Morgan fingerprint density at radius 1 is 0.865 bits per heavy atom. The zero-order chi connectivity index (χ0) is 27.5. The predicted molar refractivity (Wildman–Crippen MR) is 150 cm³/mol. The van der Waals surface area contributed by atoms with Crippen LogP contribution in [0.4, 0.5) is 5.69 Å². The number of methoxy groups -OCH3 is 1. The van der Waals surface area contributed by atoms with Crippen molar-refractivity contribution in [3.8, 4) is 5.75 Å². The van der Waals surface area contributed by atoms with Crippen molar-refractivity contribution in [3.05, 3.63) is 88.0 Å². The largest absolute Gasteiger partial charge is 0.496 e. The standard InChI is InChI=1S/C30H38N2O4S/c1-19(2)26-17-27(22(5)16-29(26)36-8)24(7)31-30(33)18-32(28-14-11-21(4)15-23(28)6)37(34,35)25-12-9-20(3)10-13-25/h9-17,19,24H,18H2,1-8H3,(H,31,33)/t24-/m1/s1. The Balaban J connectivity index is 1.95. The summed E-state index contributed by atoms with van der Waals surface area (Å²) in [6, 6.07) is 15.9. The van der Waals surface area contributed by atoms with E-state index in [-0.39, 0.29) is 29.3 Å². The highest BCUT2D eigenvalue weighted by Gasteiger charge is 2.29. The lowest BCUT2D eigenvalue weighted by Gasteiger charge is -2.27. The number of benzene rings is 3. The molecule has 3 aromatic rings. The van der Waals surface area contributed by atoms with E-state index in [1.54, 1.807) is 37.4 Å². The van der Waals surface area contributed by atoms with E-state index in [0.717, 1.165) is 39.1 Å². The fourth-order valence-corrected chi connectivity index (χ4v) is 6.01. The fraction of sp³-hybridized carbons (Fsp3) is 0.367. The molecule has 3 rings (SSSR count). The number of carbonyl (C=O) groups is 1. The lowest BCUT2D eigenvalue weighted by atomic mass is 9.93. The lowest BCUT2D eigenvalue weighted by molar-refractivity contribution is -0.120. The molecule has 1 amide bonds. The predicted octanol–water partition coefficient (Wildman–Crippen LogP) is 6.12. The van der Waals surface area contributed by atoms with Crippen LogP contribution in [0.5, 0.6) is 5.75 Å². The number of hydrogen-bond acceptors (Lipinski definition) is 4. The maximum Gasteiger partial charge on any atom is 0.264 e. The molecular weight excluding hydrogens is 484 g/mol. The summed E-state index contributed by atoms with van der Waals surface area (Å²) in [5.74, 6) is 0.682. The minimum atomic E-state index is -3.98. The molecule has 198 valence electrons. The maximum absolute atomic E-state index is 13.7. The summed E-state index contributed by atoms with van der Waals surface area (Å²) in [5, 5.41) is 3.02. The Kier molecular flexibility index (Phi) is 8.69. The Morgan fingerprint density at radius 2 is 1.49 bits per heavy atom. The van der Waals surface area contributed by atoms with Crippen molar-refractivity contribution in [1.82, 2.24) is 5.32 Å². The van der Waals surface area contributed by atoms with Gasteiger partial charge in [-0.15, -0.1) is 0 Å². The molecule has 0 aliphatic carbocycles. The molecule has 0 aliphatic rings. The van der Waals surface area contributed by atoms with Crippen LogP contribution < -0.4 is 14.4 Å². The average Bonchev–Trinajstić information content (AvgIpc) is 2.82. The molecule has 0 unspecified atom stereocenters. The third-order valence-electron chi connectivity index (χ3n) is 6.60. The van der Waals surface area contributed by atoms with Gasteiger partial charge in [-0.3, -0.25) is 9.10 Å². The third kappa shape index (κ3) is 6.34. The summed E-state index contributed by atoms with van der Waals surface area (Å²) < 4.78 is 34.3. The lowest BCUT2D eigenvalue weighted by Crippen LogP contribution is -2.42. The molecule has 1 atom stereocenters. The minimum absolute atomic E-state index is 0.145. The molecule has 0 aliphatic heterocycles. The van der Waals surface area contributed by atoms with Gasteiger partial charge in [0.15, 0.2) is 0 Å². The Labute approximate surface area is 221 Å². The van der Waals surface area contributed by atoms with Gasteiger partial charge >= 0.3 is 0 Å². The Bertz CT molecular complexity index is 1380. The number of ether oxygens (including phenoxy) is 1. The second kappa shape index (κ2) is 11.4. The molecule has 0 bridgehead atoms. The van der Waals surface area contributed by atoms with Crippen LogP contribution in [0.1, 0.15) is 66.1 Å². The van der Waals surface area contributed by atoms with Crippen LogP contribution in [-0.4, -0.2) is 28.0 Å². The summed E-state index contributed by atoms with van der Waals surface area (Å²) in [6.45, 7) is 13.5. The van der Waals surface area contributed by atoms with Crippen LogP contribution in [0.25, 0.3) is 0 Å². The van der Waals surface area contributed by atoms with Crippen LogP contribution in [-0.2, 0) is 14.8 Å². The summed E-state index contributed by atoms with van der Waals surface area (Å²) in [6.07, 6.45) is 0. The van der Waals surface area contributed by atoms with Crippen molar-refractivity contribution < 1.29 is 17.9 Å². The first kappa shape index (κ1) is 28.3. The number of nitrogens with one attached hydrogen (secondary N) is 1. The minimum Gasteiger partial charge on any atom is -0.496 e. The molecule has 0 fully saturated rings. The van der Waals surface area contributed by atoms with E-state index in [9.17, 15) is 13.2 Å². The third-order valence-corrected chi connectivity index (χ3v) is 8.38. The van der Waals surface area contributed by atoms with Gasteiger partial charge in [-0.05, 0) is 93.1 Å². The molecule has 0 saturated carbocycles. The molecule has 0 aromatic heterocycles. The van der Waals surface area contributed by atoms with E-state index in [1.165, 1.54) is 4.31 Å². The van der Waals surface area contributed by atoms with Crippen molar-refractivity contribution in [3.63, 3.8) is 0 Å². The number of amides is 1. The van der Waals surface area contributed by atoms with E-state index in [0.29, 0.717) is 5.69 Å². The zero-order valence-corrected chi connectivity index (χ0v) is 23.9. The van der Waals surface area contributed by atoms with E-state index >= 15 is 0 Å². The monoisotopic (exact) mass is 522 g/mol. The molecule has 0 radical (unpaired) electrons. The summed E-state index contributed by atoms with van der Waals surface area (Å²) in [4.78, 5) is 13.5. The van der Waals surface area contributed by atoms with Gasteiger partial charge in [0.25, 0.3) is 10.0 Å². The van der Waals surface area contributed by atoms with E-state index in [4.69, 9.17) is 4.74 Å². The smallest absolute Gasteiger partial charge is 0.264 e. The van der Waals surface area contributed by atoms with E-state index in [1.807, 2.05) is 52.8 Å². The van der Waals surface area contributed by atoms with Crippen LogP contribution in [0.15, 0.2) is 59.5 Å². The number of carbonyl (C=O) groups excluding carboxylic acids is 1. The fourth-order valence-electron chi connectivity index (χ4n) is 4.53. The van der Waals surface area contributed by atoms with Crippen LogP contribution in [0.3, 0.4) is 0 Å². The van der Waals surface area contributed by atoms with Crippen molar-refractivity contribution in [2.24, 2.45) is 0 Å². The Hall–Kier alpha value is -3.32. The SMILES string of the molecule is COc1cc(C)c([C@@H](C)NC(=O)CN(c2ccc(C)cc2C)S(=O)(=O)c2ccc(C)cc2)cc1C(C)C. The molecule has 7 heteroatoms. The average molecular weight is 523 g/mol. The quantitative estimate of drug-likeness (QED) is 0.367. The van der Waals surface area contributed by atoms with Crippen LogP contribution in [0.2, 0.25) is 0 Å². The van der Waals surface area contributed by atoms with Crippen molar-refractivity contribution in [1.29, 1.82) is 0 Å². The maximum atomic E-state index is 13.7. The van der Waals surface area contributed by atoms with Crippen molar-refractivity contribution in [2.45, 2.75) is 65.3 Å². The van der Waals surface area contributed by atoms with Crippen molar-refractivity contribution >= 4 is 21.6 Å². The molecule has 1 N–H and O–H groups in total. The van der Waals surface area contributed by atoms with Gasteiger partial charge in [0.1, 0.15) is 12.3 Å². The normalized spacial score (nSPS) is 12.4. The molecule has 37 heavy (non-hydrogen) atoms.